The minimum atomic E-state index is -0.562. The summed E-state index contributed by atoms with van der Waals surface area (Å²) in [6, 6.07) is 28.5. The molecule has 1 amide bonds. The summed E-state index contributed by atoms with van der Waals surface area (Å²) in [4.78, 5) is 17.2. The van der Waals surface area contributed by atoms with E-state index < -0.39 is 18.3 Å². The molecular formula is C24H22N2O3. The van der Waals surface area contributed by atoms with E-state index in [4.69, 9.17) is 9.47 Å². The molecule has 3 aromatic rings. The normalized spacial score (nSPS) is 20.9. The van der Waals surface area contributed by atoms with Crippen molar-refractivity contribution >= 4 is 17.7 Å². The molecule has 0 spiro atoms. The molecule has 0 bridgehead atoms. The van der Waals surface area contributed by atoms with Gasteiger partial charge >= 0.3 is 6.09 Å². The van der Waals surface area contributed by atoms with Gasteiger partial charge in [0.2, 0.25) is 5.90 Å². The van der Waals surface area contributed by atoms with E-state index in [2.05, 4.69) is 10.3 Å². The van der Waals surface area contributed by atoms with Gasteiger partial charge in [0.15, 0.2) is 12.2 Å². The fraction of sp³-hybridized carbons (Fsp3) is 0.167. The van der Waals surface area contributed by atoms with E-state index in [0.29, 0.717) is 11.6 Å². The van der Waals surface area contributed by atoms with Crippen LogP contribution in [0.1, 0.15) is 24.2 Å². The summed E-state index contributed by atoms with van der Waals surface area (Å²) < 4.78 is 12.0. The van der Waals surface area contributed by atoms with Gasteiger partial charge in [-0.1, -0.05) is 66.7 Å². The lowest BCUT2D eigenvalue weighted by Crippen LogP contribution is -2.41. The van der Waals surface area contributed by atoms with Crippen LogP contribution in [0.3, 0.4) is 0 Å². The van der Waals surface area contributed by atoms with E-state index in [-0.39, 0.29) is 6.04 Å². The van der Waals surface area contributed by atoms with Crippen LogP contribution >= 0.6 is 0 Å². The summed E-state index contributed by atoms with van der Waals surface area (Å²) in [5, 5.41) is 2.76. The highest BCUT2D eigenvalue weighted by Gasteiger charge is 2.38. The van der Waals surface area contributed by atoms with E-state index in [1.165, 1.54) is 0 Å². The molecule has 0 radical (unpaired) electrons. The Balaban J connectivity index is 1.59. The summed E-state index contributed by atoms with van der Waals surface area (Å²) in [7, 11) is 0. The number of carbonyl (C=O) groups is 1. The van der Waals surface area contributed by atoms with E-state index in [1.54, 1.807) is 0 Å². The second-order valence-corrected chi connectivity index (χ2v) is 6.85. The van der Waals surface area contributed by atoms with Crippen molar-refractivity contribution in [2.75, 3.05) is 5.32 Å². The second kappa shape index (κ2) is 8.61. The molecule has 5 heteroatoms. The van der Waals surface area contributed by atoms with Gasteiger partial charge < -0.3 is 9.47 Å². The van der Waals surface area contributed by atoms with Crippen molar-refractivity contribution in [2.24, 2.45) is 4.99 Å². The second-order valence-electron chi connectivity index (χ2n) is 6.85. The number of para-hydroxylation sites is 1. The van der Waals surface area contributed by atoms with Gasteiger partial charge in [0.05, 0.1) is 6.04 Å². The largest absolute Gasteiger partial charge is 0.465 e. The zero-order valence-electron chi connectivity index (χ0n) is 16.1. The number of anilines is 1. The molecule has 3 aromatic carbocycles. The van der Waals surface area contributed by atoms with Crippen LogP contribution in [0.25, 0.3) is 0 Å². The molecule has 0 fully saturated rings. The van der Waals surface area contributed by atoms with Crippen molar-refractivity contribution in [1.29, 1.82) is 0 Å². The van der Waals surface area contributed by atoms with Gasteiger partial charge in [-0.15, -0.1) is 0 Å². The number of hydrogen-bond donors (Lipinski definition) is 1. The summed E-state index contributed by atoms with van der Waals surface area (Å²) >= 11 is 0. The standard InChI is InChI=1S/C24H22N2O3/c1-17-21(29-24(27)26-20-15-9-4-10-16-20)22(18-11-5-2-6-12-18)28-23(25-17)19-13-7-3-8-14-19/h2-17,21-22H,1H3,(H,26,27). The molecule has 3 atom stereocenters. The minimum Gasteiger partial charge on any atom is -0.465 e. The maximum Gasteiger partial charge on any atom is 0.412 e. The Morgan fingerprint density at radius 2 is 1.48 bits per heavy atom. The van der Waals surface area contributed by atoms with E-state index >= 15 is 0 Å². The molecule has 0 aromatic heterocycles. The van der Waals surface area contributed by atoms with E-state index in [1.807, 2.05) is 97.9 Å². The Hall–Kier alpha value is -3.60. The molecule has 0 saturated carbocycles. The summed E-state index contributed by atoms with van der Waals surface area (Å²) in [5.74, 6) is 0.551. The van der Waals surface area contributed by atoms with Gasteiger partial charge in [-0.3, -0.25) is 5.32 Å². The first-order valence-electron chi connectivity index (χ1n) is 9.58. The third-order valence-electron chi connectivity index (χ3n) is 4.75. The maximum absolute atomic E-state index is 12.5. The number of carbonyl (C=O) groups excluding carboxylic acids is 1. The van der Waals surface area contributed by atoms with Crippen LogP contribution < -0.4 is 5.32 Å². The zero-order valence-corrected chi connectivity index (χ0v) is 16.1. The van der Waals surface area contributed by atoms with Crippen LogP contribution in [0.5, 0.6) is 0 Å². The number of nitrogens with one attached hydrogen (secondary N) is 1. The fourth-order valence-electron chi connectivity index (χ4n) is 3.31. The van der Waals surface area contributed by atoms with Crippen molar-refractivity contribution < 1.29 is 14.3 Å². The first kappa shape index (κ1) is 18.7. The van der Waals surface area contributed by atoms with Crippen LogP contribution in [0.2, 0.25) is 0 Å². The molecule has 29 heavy (non-hydrogen) atoms. The summed E-state index contributed by atoms with van der Waals surface area (Å²) in [6.45, 7) is 1.93. The lowest BCUT2D eigenvalue weighted by Gasteiger charge is -2.35. The average molecular weight is 386 g/mol. The number of ether oxygens (including phenoxy) is 2. The lowest BCUT2D eigenvalue weighted by atomic mass is 9.98. The third-order valence-corrected chi connectivity index (χ3v) is 4.75. The lowest BCUT2D eigenvalue weighted by molar-refractivity contribution is -0.00830. The van der Waals surface area contributed by atoms with Crippen molar-refractivity contribution in [3.05, 3.63) is 102 Å². The Morgan fingerprint density at radius 1 is 0.897 bits per heavy atom. The van der Waals surface area contributed by atoms with Crippen LogP contribution in [-0.4, -0.2) is 24.1 Å². The summed E-state index contributed by atoms with van der Waals surface area (Å²) in [5.41, 5.74) is 2.50. The number of rotatable bonds is 4. The van der Waals surface area contributed by atoms with Gasteiger partial charge in [0.1, 0.15) is 0 Å². The first-order valence-corrected chi connectivity index (χ1v) is 9.58. The number of aliphatic imine (C=N–C) groups is 1. The van der Waals surface area contributed by atoms with Gasteiger partial charge in [-0.25, -0.2) is 9.79 Å². The maximum atomic E-state index is 12.5. The molecule has 1 aliphatic heterocycles. The van der Waals surface area contributed by atoms with Crippen LogP contribution in [0.15, 0.2) is 96.0 Å². The minimum absolute atomic E-state index is 0.273. The van der Waals surface area contributed by atoms with Gasteiger partial charge in [-0.05, 0) is 36.8 Å². The fourth-order valence-corrected chi connectivity index (χ4v) is 3.31. The number of hydrogen-bond acceptors (Lipinski definition) is 4. The molecule has 0 aliphatic carbocycles. The van der Waals surface area contributed by atoms with Crippen LogP contribution in [-0.2, 0) is 9.47 Å². The van der Waals surface area contributed by atoms with E-state index in [9.17, 15) is 4.79 Å². The molecule has 1 heterocycles. The number of nitrogens with zero attached hydrogens (tertiary/aromatic N) is 1. The molecule has 5 nitrogen and oxygen atoms in total. The predicted octanol–water partition coefficient (Wildman–Crippen LogP) is 5.21. The SMILES string of the molecule is CC1N=C(c2ccccc2)OC(c2ccccc2)C1OC(=O)Nc1ccccc1. The van der Waals surface area contributed by atoms with Crippen molar-refractivity contribution in [3.8, 4) is 0 Å². The van der Waals surface area contributed by atoms with Crippen molar-refractivity contribution in [2.45, 2.75) is 25.2 Å². The average Bonchev–Trinajstić information content (AvgIpc) is 2.77. The van der Waals surface area contributed by atoms with Gasteiger partial charge in [0.25, 0.3) is 0 Å². The summed E-state index contributed by atoms with van der Waals surface area (Å²) in [6.07, 6.45) is -1.55. The van der Waals surface area contributed by atoms with Crippen LogP contribution in [0.4, 0.5) is 10.5 Å². The number of amides is 1. The highest BCUT2D eigenvalue weighted by molar-refractivity contribution is 5.95. The predicted molar refractivity (Wildman–Crippen MR) is 113 cm³/mol. The molecule has 4 rings (SSSR count). The van der Waals surface area contributed by atoms with Crippen LogP contribution in [0, 0.1) is 0 Å². The topological polar surface area (TPSA) is 59.9 Å². The van der Waals surface area contributed by atoms with E-state index in [0.717, 1.165) is 11.1 Å². The first-order chi connectivity index (χ1) is 14.2. The highest BCUT2D eigenvalue weighted by Crippen LogP contribution is 2.32. The molecule has 1 N–H and O–H groups in total. The zero-order chi connectivity index (χ0) is 20.1. The van der Waals surface area contributed by atoms with Crippen molar-refractivity contribution in [3.63, 3.8) is 0 Å². The molecule has 1 aliphatic rings. The van der Waals surface area contributed by atoms with Gasteiger partial charge in [0, 0.05) is 11.3 Å². The Kier molecular flexibility index (Phi) is 5.56. The Morgan fingerprint density at radius 3 is 2.14 bits per heavy atom. The quantitative estimate of drug-likeness (QED) is 0.669. The molecule has 3 unspecified atom stereocenters. The Bertz CT molecular complexity index is 975. The number of benzene rings is 3. The molecule has 146 valence electrons. The van der Waals surface area contributed by atoms with Gasteiger partial charge in [-0.2, -0.15) is 0 Å². The third kappa shape index (κ3) is 4.46. The molecular weight excluding hydrogens is 364 g/mol. The molecule has 0 saturated heterocycles. The highest BCUT2D eigenvalue weighted by atomic mass is 16.6. The van der Waals surface area contributed by atoms with Crippen molar-refractivity contribution in [1.82, 2.24) is 0 Å². The monoisotopic (exact) mass is 386 g/mol. The Labute approximate surface area is 170 Å². The smallest absolute Gasteiger partial charge is 0.412 e.